The zero-order chi connectivity index (χ0) is 22.4. The molecule has 0 aliphatic carbocycles. The molecule has 2 aromatic heterocycles. The third-order valence-electron chi connectivity index (χ3n) is 5.12. The van der Waals surface area contributed by atoms with E-state index in [1.54, 1.807) is 47.1 Å². The molecule has 1 aliphatic heterocycles. The summed E-state index contributed by atoms with van der Waals surface area (Å²) in [7, 11) is 1.42. The van der Waals surface area contributed by atoms with Gasteiger partial charge in [-0.05, 0) is 48.5 Å². The van der Waals surface area contributed by atoms with Crippen LogP contribution in [-0.4, -0.2) is 39.4 Å². The summed E-state index contributed by atoms with van der Waals surface area (Å²) in [5.74, 6) is -0.734. The van der Waals surface area contributed by atoms with E-state index in [0.29, 0.717) is 33.4 Å². The summed E-state index contributed by atoms with van der Waals surface area (Å²) in [5.41, 5.74) is 2.29. The van der Waals surface area contributed by atoms with Gasteiger partial charge in [0.15, 0.2) is 11.5 Å². The number of hydrogen-bond donors (Lipinski definition) is 1. The van der Waals surface area contributed by atoms with E-state index in [2.05, 4.69) is 10.4 Å². The van der Waals surface area contributed by atoms with Gasteiger partial charge in [0.05, 0.1) is 23.1 Å². The zero-order valence-electron chi connectivity index (χ0n) is 16.7. The number of fused-ring (bicyclic) bond motifs is 1. The number of carbonyl (C=O) groups is 3. The van der Waals surface area contributed by atoms with E-state index in [4.69, 9.17) is 16.0 Å². The lowest BCUT2D eigenvalue weighted by atomic mass is 10.1. The molecule has 0 saturated heterocycles. The van der Waals surface area contributed by atoms with Crippen LogP contribution in [0.2, 0.25) is 5.02 Å². The number of amides is 3. The van der Waals surface area contributed by atoms with Crippen LogP contribution in [0, 0.1) is 0 Å². The Morgan fingerprint density at radius 1 is 1.00 bits per heavy atom. The van der Waals surface area contributed by atoms with E-state index >= 15 is 0 Å². The first kappa shape index (κ1) is 19.8. The van der Waals surface area contributed by atoms with Crippen LogP contribution in [0.3, 0.4) is 0 Å². The van der Waals surface area contributed by atoms with Crippen molar-refractivity contribution in [1.82, 2.24) is 14.7 Å². The number of benzene rings is 2. The van der Waals surface area contributed by atoms with Crippen molar-refractivity contribution >= 4 is 35.0 Å². The van der Waals surface area contributed by atoms with Crippen molar-refractivity contribution in [3.05, 3.63) is 88.8 Å². The molecular formula is C23H15ClN4O4. The van der Waals surface area contributed by atoms with E-state index in [-0.39, 0.29) is 17.2 Å². The van der Waals surface area contributed by atoms with Crippen molar-refractivity contribution in [2.45, 2.75) is 0 Å². The summed E-state index contributed by atoms with van der Waals surface area (Å²) in [6.45, 7) is 0. The number of furan rings is 1. The van der Waals surface area contributed by atoms with Gasteiger partial charge in [0.1, 0.15) is 5.69 Å². The van der Waals surface area contributed by atoms with Crippen molar-refractivity contribution in [3.8, 4) is 17.1 Å². The quantitative estimate of drug-likeness (QED) is 0.472. The fourth-order valence-electron chi connectivity index (χ4n) is 3.53. The normalized spacial score (nSPS) is 12.9. The smallest absolute Gasteiger partial charge is 0.276 e. The lowest BCUT2D eigenvalue weighted by Gasteiger charge is -2.06. The maximum absolute atomic E-state index is 13.0. The monoisotopic (exact) mass is 446 g/mol. The average Bonchev–Trinajstić information content (AvgIpc) is 3.51. The molecular weight excluding hydrogens is 432 g/mol. The Balaban J connectivity index is 1.49. The number of anilines is 1. The highest BCUT2D eigenvalue weighted by Gasteiger charge is 2.33. The zero-order valence-corrected chi connectivity index (χ0v) is 17.5. The summed E-state index contributed by atoms with van der Waals surface area (Å²) < 4.78 is 7.07. The highest BCUT2D eigenvalue weighted by molar-refractivity contribution is 6.30. The third-order valence-corrected chi connectivity index (χ3v) is 5.35. The lowest BCUT2D eigenvalue weighted by Crippen LogP contribution is -2.24. The largest absolute Gasteiger partial charge is 0.463 e. The summed E-state index contributed by atoms with van der Waals surface area (Å²) in [6, 6.07) is 16.7. The van der Waals surface area contributed by atoms with Crippen LogP contribution in [0.1, 0.15) is 31.2 Å². The van der Waals surface area contributed by atoms with Crippen LogP contribution < -0.4 is 5.32 Å². The Kier molecular flexibility index (Phi) is 4.64. The van der Waals surface area contributed by atoms with E-state index in [9.17, 15) is 14.4 Å². The Morgan fingerprint density at radius 3 is 2.56 bits per heavy atom. The van der Waals surface area contributed by atoms with Crippen LogP contribution >= 0.6 is 11.6 Å². The Morgan fingerprint density at radius 2 is 1.81 bits per heavy atom. The molecule has 4 aromatic rings. The molecule has 3 heterocycles. The first-order valence-corrected chi connectivity index (χ1v) is 9.98. The maximum atomic E-state index is 13.0. The minimum Gasteiger partial charge on any atom is -0.463 e. The topological polar surface area (TPSA) is 97.4 Å². The van der Waals surface area contributed by atoms with Crippen molar-refractivity contribution < 1.29 is 18.8 Å². The highest BCUT2D eigenvalue weighted by atomic mass is 35.5. The van der Waals surface area contributed by atoms with Gasteiger partial charge in [0, 0.05) is 23.8 Å². The molecule has 0 fully saturated rings. The molecule has 0 bridgehead atoms. The fourth-order valence-corrected chi connectivity index (χ4v) is 3.72. The molecule has 1 aliphatic rings. The predicted octanol–water partition coefficient (Wildman–Crippen LogP) is 4.26. The standard InChI is InChI=1S/C23H15ClN4O4/c1-27-22(30)16-8-7-14(11-17(16)23(27)31)25-21(29)18-12-19(20-6-3-9-32-20)28(26-18)15-5-2-4-13(24)10-15/h2-12H,1H3,(H,25,29). The molecule has 158 valence electrons. The first-order valence-electron chi connectivity index (χ1n) is 9.60. The minimum absolute atomic E-state index is 0.136. The van der Waals surface area contributed by atoms with Crippen LogP contribution in [0.15, 0.2) is 71.3 Å². The molecule has 5 rings (SSSR count). The molecule has 0 spiro atoms. The van der Waals surface area contributed by atoms with Crippen molar-refractivity contribution in [1.29, 1.82) is 0 Å². The molecule has 0 radical (unpaired) electrons. The molecule has 9 heteroatoms. The lowest BCUT2D eigenvalue weighted by molar-refractivity contribution is 0.0692. The third kappa shape index (κ3) is 3.27. The van der Waals surface area contributed by atoms with Crippen LogP contribution in [0.5, 0.6) is 0 Å². The molecule has 8 nitrogen and oxygen atoms in total. The molecule has 32 heavy (non-hydrogen) atoms. The van der Waals surface area contributed by atoms with Crippen LogP contribution in [-0.2, 0) is 0 Å². The van der Waals surface area contributed by atoms with E-state index in [1.807, 2.05) is 6.07 Å². The number of nitrogens with one attached hydrogen (secondary N) is 1. The van der Waals surface area contributed by atoms with Gasteiger partial charge in [0.2, 0.25) is 0 Å². The van der Waals surface area contributed by atoms with Gasteiger partial charge in [-0.25, -0.2) is 4.68 Å². The fraction of sp³-hybridized carbons (Fsp3) is 0.0435. The van der Waals surface area contributed by atoms with Crippen molar-refractivity contribution in [3.63, 3.8) is 0 Å². The van der Waals surface area contributed by atoms with E-state index < -0.39 is 11.8 Å². The van der Waals surface area contributed by atoms with E-state index in [1.165, 1.54) is 25.4 Å². The molecule has 1 N–H and O–H groups in total. The first-order chi connectivity index (χ1) is 15.4. The average molecular weight is 447 g/mol. The van der Waals surface area contributed by atoms with E-state index in [0.717, 1.165) is 4.90 Å². The summed E-state index contributed by atoms with van der Waals surface area (Å²) in [6.07, 6.45) is 1.53. The number of carbonyl (C=O) groups excluding carboxylic acids is 3. The number of aromatic nitrogens is 2. The number of rotatable bonds is 4. The second-order valence-corrected chi connectivity index (χ2v) is 7.60. The predicted molar refractivity (Wildman–Crippen MR) is 117 cm³/mol. The second kappa shape index (κ2) is 7.51. The Bertz CT molecular complexity index is 1390. The number of imide groups is 1. The molecule has 3 amide bonds. The minimum atomic E-state index is -0.483. The van der Waals surface area contributed by atoms with Gasteiger partial charge < -0.3 is 9.73 Å². The second-order valence-electron chi connectivity index (χ2n) is 7.17. The van der Waals surface area contributed by atoms with Crippen molar-refractivity contribution in [2.24, 2.45) is 0 Å². The number of halogens is 1. The highest BCUT2D eigenvalue weighted by Crippen LogP contribution is 2.27. The van der Waals surface area contributed by atoms with Gasteiger partial charge in [0.25, 0.3) is 17.7 Å². The van der Waals surface area contributed by atoms with Gasteiger partial charge >= 0.3 is 0 Å². The SMILES string of the molecule is CN1C(=O)c2ccc(NC(=O)c3cc(-c4ccco4)n(-c4cccc(Cl)c4)n3)cc2C1=O. The molecule has 0 atom stereocenters. The van der Waals surface area contributed by atoms with Crippen LogP contribution in [0.4, 0.5) is 5.69 Å². The number of nitrogens with zero attached hydrogens (tertiary/aromatic N) is 3. The van der Waals surface area contributed by atoms with Crippen LogP contribution in [0.25, 0.3) is 17.1 Å². The molecule has 0 unspecified atom stereocenters. The molecule has 0 saturated carbocycles. The number of hydrogen-bond acceptors (Lipinski definition) is 5. The summed E-state index contributed by atoms with van der Waals surface area (Å²) in [4.78, 5) is 38.3. The Hall–Kier alpha value is -4.17. The van der Waals surface area contributed by atoms with Gasteiger partial charge in [-0.3, -0.25) is 19.3 Å². The van der Waals surface area contributed by atoms with Crippen molar-refractivity contribution in [2.75, 3.05) is 12.4 Å². The Labute approximate surface area is 187 Å². The molecule has 2 aromatic carbocycles. The summed E-state index contributed by atoms with van der Waals surface area (Å²) in [5, 5.41) is 7.70. The van der Waals surface area contributed by atoms with Gasteiger partial charge in [-0.2, -0.15) is 5.10 Å². The maximum Gasteiger partial charge on any atom is 0.276 e. The van der Waals surface area contributed by atoms with Gasteiger partial charge in [-0.15, -0.1) is 0 Å². The van der Waals surface area contributed by atoms with Gasteiger partial charge in [-0.1, -0.05) is 17.7 Å². The summed E-state index contributed by atoms with van der Waals surface area (Å²) >= 11 is 6.13.